The van der Waals surface area contributed by atoms with Gasteiger partial charge in [-0.2, -0.15) is 0 Å². The second-order valence-electron chi connectivity index (χ2n) is 26.6. The number of unbranched alkanes of at least 4 members (excludes halogenated alkanes) is 36. The van der Waals surface area contributed by atoms with Crippen LogP contribution in [-0.2, 0) is 65.4 Å². The van der Waals surface area contributed by atoms with Gasteiger partial charge < -0.3 is 53.2 Å². The molecule has 0 aromatic carbocycles. The standard InChI is InChI=1S/C73H144N4O17P2.2Na.2H/c1-6-11-16-21-24-27-29-32-34-39-44-49-69(79)76-65(61-88-56-52-67(78)47-42-37-19-14-9-4)63-92-95(84,85)90-58-54-74-71(81)60-72(82)75-55-59-91-96(86,87)93-64-66(77-70(80)50-45-40-35-33-30-28-25-22-17-12-7-2)62-89-57-53-68(48-43-38-20-15-10-5)94-73(83)51-46-41-36-31-26-23-18-13-8-3;;;;/h65-68,78H,6-64H2,1-5H3,(H,74,81)(H,75,82)(H,76,79)(H,77,80)(H,84,85)(H,86,87);;;;/q;2*+1;2*-1/t65-,66+,67+,68+;;;;/m0..../s1. The average molecular weight is 1460 g/mol. The van der Waals surface area contributed by atoms with E-state index in [0.29, 0.717) is 38.5 Å². The third-order valence-corrected chi connectivity index (χ3v) is 19.1. The Morgan fingerprint density at radius 3 is 1.02 bits per heavy atom. The maximum atomic E-state index is 13.2. The SMILES string of the molecule is CCCCCCCCCCCCCC(=O)N[C@H](COCC[C@@H](CCCCCCC)OC(=O)CCCCCCCCCCC)COP(=O)(O)OCCNC(=O)CC(=O)NCCOP(=O)(O)OC[C@H](COCC[C@H](O)CCCCCCC)NC(=O)CCCCCCCCCCCCC.[H-].[H-].[Na+].[Na+]. The minimum absolute atomic E-state index is 0. The van der Waals surface area contributed by atoms with Gasteiger partial charge >= 0.3 is 80.7 Å². The summed E-state index contributed by atoms with van der Waals surface area (Å²) in [5.74, 6) is -2.14. The quantitative estimate of drug-likeness (QED) is 0.00979. The van der Waals surface area contributed by atoms with E-state index in [0.717, 1.165) is 122 Å². The van der Waals surface area contributed by atoms with Crippen molar-refractivity contribution in [3.63, 3.8) is 0 Å². The predicted octanol–water partition coefficient (Wildman–Crippen LogP) is 11.2. The molecule has 21 nitrogen and oxygen atoms in total. The molecule has 0 rings (SSSR count). The number of hydrogen-bond acceptors (Lipinski definition) is 15. The number of aliphatic hydroxyl groups excluding tert-OH is 1. The van der Waals surface area contributed by atoms with Crippen molar-refractivity contribution in [3.8, 4) is 0 Å². The number of nitrogens with one attached hydrogen (secondary N) is 4. The first-order valence-electron chi connectivity index (χ1n) is 38.9. The summed E-state index contributed by atoms with van der Waals surface area (Å²) in [6.45, 7) is 9.13. The Morgan fingerprint density at radius 1 is 0.357 bits per heavy atom. The Balaban J connectivity index is -0.00000752. The summed E-state index contributed by atoms with van der Waals surface area (Å²) < 4.78 is 64.6. The molecular weight excluding hydrogens is 1310 g/mol. The van der Waals surface area contributed by atoms with Gasteiger partial charge in [0.05, 0.1) is 64.4 Å². The fourth-order valence-corrected chi connectivity index (χ4v) is 12.8. The van der Waals surface area contributed by atoms with Crippen LogP contribution in [0.15, 0.2) is 0 Å². The molecule has 0 saturated carbocycles. The van der Waals surface area contributed by atoms with Crippen molar-refractivity contribution in [1.29, 1.82) is 0 Å². The number of esters is 1. The Labute approximate surface area is 643 Å². The van der Waals surface area contributed by atoms with Crippen LogP contribution in [0, 0.1) is 0 Å². The first kappa shape index (κ1) is 102. The molecule has 0 spiro atoms. The summed E-state index contributed by atoms with van der Waals surface area (Å²) in [5.41, 5.74) is 0. The van der Waals surface area contributed by atoms with Gasteiger partial charge in [0.25, 0.3) is 0 Å². The summed E-state index contributed by atoms with van der Waals surface area (Å²) in [6.07, 6.45) is 48.1. The summed E-state index contributed by atoms with van der Waals surface area (Å²) in [5, 5.41) is 21.1. The van der Waals surface area contributed by atoms with E-state index in [2.05, 4.69) is 55.9 Å². The van der Waals surface area contributed by atoms with Gasteiger partial charge in [-0.15, -0.1) is 0 Å². The van der Waals surface area contributed by atoms with E-state index in [9.17, 15) is 48.0 Å². The van der Waals surface area contributed by atoms with E-state index >= 15 is 0 Å². The van der Waals surface area contributed by atoms with E-state index in [4.69, 9.17) is 32.3 Å². The zero-order valence-electron chi connectivity index (χ0n) is 65.5. The second-order valence-corrected chi connectivity index (χ2v) is 29.6. The molecule has 0 aromatic heterocycles. The van der Waals surface area contributed by atoms with Gasteiger partial charge in [-0.3, -0.25) is 42.1 Å². The van der Waals surface area contributed by atoms with Gasteiger partial charge in [0, 0.05) is 45.4 Å². The monoisotopic (exact) mass is 1460 g/mol. The van der Waals surface area contributed by atoms with Crippen LogP contribution < -0.4 is 80.4 Å². The van der Waals surface area contributed by atoms with Gasteiger partial charge in [0.2, 0.25) is 23.6 Å². The largest absolute Gasteiger partial charge is 1.00 e. The van der Waals surface area contributed by atoms with Crippen molar-refractivity contribution in [3.05, 3.63) is 0 Å². The Kier molecular flexibility index (Phi) is 77.5. The smallest absolute Gasteiger partial charge is 1.00 e. The molecule has 4 amide bonds. The molecule has 6 atom stereocenters. The Morgan fingerprint density at radius 2 is 0.663 bits per heavy atom. The molecule has 2 unspecified atom stereocenters. The molecular formula is C73H146N4Na2O17P2. The van der Waals surface area contributed by atoms with Gasteiger partial charge in [-0.05, 0) is 44.9 Å². The molecule has 0 aliphatic rings. The molecule has 0 saturated heterocycles. The second kappa shape index (κ2) is 74.7. The minimum Gasteiger partial charge on any atom is -1.00 e. The van der Waals surface area contributed by atoms with Crippen LogP contribution in [-0.4, -0.2) is 135 Å². The van der Waals surface area contributed by atoms with Crippen LogP contribution in [0.25, 0.3) is 0 Å². The number of phosphoric ester groups is 2. The van der Waals surface area contributed by atoms with Crippen molar-refractivity contribution in [2.75, 3.05) is 65.9 Å². The van der Waals surface area contributed by atoms with Crippen molar-refractivity contribution in [2.24, 2.45) is 0 Å². The maximum absolute atomic E-state index is 13.2. The zero-order valence-corrected chi connectivity index (χ0v) is 69.3. The Bertz CT molecular complexity index is 1960. The van der Waals surface area contributed by atoms with E-state index < -0.39 is 78.5 Å². The maximum Gasteiger partial charge on any atom is 1.00 e. The van der Waals surface area contributed by atoms with Gasteiger partial charge in [-0.25, -0.2) is 9.13 Å². The number of rotatable bonds is 75. The molecule has 0 bridgehead atoms. The summed E-state index contributed by atoms with van der Waals surface area (Å²) in [6, 6.07) is -1.59. The topological polar surface area (TPSA) is 293 Å². The van der Waals surface area contributed by atoms with Crippen LogP contribution in [0.1, 0.15) is 352 Å². The summed E-state index contributed by atoms with van der Waals surface area (Å²) >= 11 is 0. The predicted molar refractivity (Wildman–Crippen MR) is 388 cm³/mol. The summed E-state index contributed by atoms with van der Waals surface area (Å²) in [4.78, 5) is 85.5. The fourth-order valence-electron chi connectivity index (χ4n) is 11.3. The van der Waals surface area contributed by atoms with Crippen LogP contribution in [0.5, 0.6) is 0 Å². The number of hydrogen-bond donors (Lipinski definition) is 7. The van der Waals surface area contributed by atoms with Gasteiger partial charge in [-0.1, -0.05) is 272 Å². The third-order valence-electron chi connectivity index (χ3n) is 17.2. The Hall–Kier alpha value is -0.550. The molecule has 98 heavy (non-hydrogen) atoms. The molecule has 0 aliphatic heterocycles. The van der Waals surface area contributed by atoms with E-state index in [1.807, 2.05) is 0 Å². The van der Waals surface area contributed by atoms with Crippen LogP contribution in [0.4, 0.5) is 0 Å². The molecule has 0 aliphatic carbocycles. The fraction of sp³-hybridized carbons (Fsp3) is 0.932. The number of amides is 4. The van der Waals surface area contributed by atoms with Crippen LogP contribution in [0.2, 0.25) is 0 Å². The van der Waals surface area contributed by atoms with Crippen LogP contribution >= 0.6 is 15.6 Å². The molecule has 25 heteroatoms. The first-order chi connectivity index (χ1) is 46.5. The van der Waals surface area contributed by atoms with Crippen molar-refractivity contribution >= 4 is 45.2 Å². The molecule has 0 fully saturated rings. The number of aliphatic hydroxyl groups is 1. The minimum atomic E-state index is -4.71. The van der Waals surface area contributed by atoms with E-state index in [1.54, 1.807) is 0 Å². The first-order valence-corrected chi connectivity index (χ1v) is 41.9. The number of carbonyl (C=O) groups is 5. The summed E-state index contributed by atoms with van der Waals surface area (Å²) in [7, 11) is -9.39. The van der Waals surface area contributed by atoms with Gasteiger partial charge in [0.15, 0.2) is 0 Å². The molecule has 0 radical (unpaired) electrons. The molecule has 0 heterocycles. The van der Waals surface area contributed by atoms with Gasteiger partial charge in [0.1, 0.15) is 12.5 Å². The molecule has 0 aromatic rings. The zero-order chi connectivity index (χ0) is 70.7. The molecule has 7 N–H and O–H groups in total. The van der Waals surface area contributed by atoms with E-state index in [1.165, 1.54) is 135 Å². The third kappa shape index (κ3) is 72.4. The number of carbonyl (C=O) groups excluding carboxylic acids is 5. The number of phosphoric acid groups is 2. The number of ether oxygens (including phenoxy) is 3. The molecule has 572 valence electrons. The van der Waals surface area contributed by atoms with Crippen molar-refractivity contribution < 1.29 is 142 Å². The van der Waals surface area contributed by atoms with Crippen LogP contribution in [0.3, 0.4) is 0 Å². The van der Waals surface area contributed by atoms with Crippen molar-refractivity contribution in [2.45, 2.75) is 374 Å². The van der Waals surface area contributed by atoms with E-state index in [-0.39, 0.29) is 138 Å². The van der Waals surface area contributed by atoms with Crippen molar-refractivity contribution in [1.82, 2.24) is 21.3 Å². The average Bonchev–Trinajstić information content (AvgIpc) is 1.10. The normalized spacial score (nSPS) is 13.8.